The third-order valence-electron chi connectivity index (χ3n) is 2.66. The number of hydrogen-bond acceptors (Lipinski definition) is 3. The van der Waals surface area contributed by atoms with Gasteiger partial charge in [0.1, 0.15) is 12.2 Å². The summed E-state index contributed by atoms with van der Waals surface area (Å²) in [7, 11) is 1.59. The van der Waals surface area contributed by atoms with Crippen molar-refractivity contribution in [1.29, 1.82) is 0 Å². The Hall–Kier alpha value is -1.71. The molecule has 0 amide bonds. The Balaban J connectivity index is 2.25. The van der Waals surface area contributed by atoms with Crippen molar-refractivity contribution in [3.63, 3.8) is 0 Å². The molecule has 1 N–H and O–H groups in total. The van der Waals surface area contributed by atoms with Crippen LogP contribution in [0.4, 0.5) is 0 Å². The second-order valence-electron chi connectivity index (χ2n) is 3.77. The average Bonchev–Trinajstić information content (AvgIpc) is 2.42. The fraction of sp³-hybridized carbons (Fsp3) is 0.214. The molecule has 0 fully saturated rings. The summed E-state index contributed by atoms with van der Waals surface area (Å²) >= 11 is 0. The molecule has 3 nitrogen and oxygen atoms in total. The van der Waals surface area contributed by atoms with Crippen LogP contribution in [0.1, 0.15) is 23.5 Å². The molecule has 2 aromatic rings. The molecule has 2 atom stereocenters. The van der Waals surface area contributed by atoms with Crippen molar-refractivity contribution in [3.8, 4) is 0 Å². The van der Waals surface area contributed by atoms with E-state index in [1.54, 1.807) is 19.4 Å². The Morgan fingerprint density at radius 3 is 2.35 bits per heavy atom. The fourth-order valence-corrected chi connectivity index (χ4v) is 1.80. The molecule has 0 spiro atoms. The van der Waals surface area contributed by atoms with E-state index < -0.39 is 12.2 Å². The van der Waals surface area contributed by atoms with Crippen molar-refractivity contribution < 1.29 is 9.84 Å². The molecule has 0 saturated carbocycles. The lowest BCUT2D eigenvalue weighted by molar-refractivity contribution is -0.0170. The summed E-state index contributed by atoms with van der Waals surface area (Å²) in [4.78, 5) is 4.14. The molecule has 1 aromatic heterocycles. The first kappa shape index (κ1) is 11.8. The largest absolute Gasteiger partial charge is 0.384 e. The third-order valence-corrected chi connectivity index (χ3v) is 2.66. The minimum atomic E-state index is -0.761. The fourth-order valence-electron chi connectivity index (χ4n) is 1.80. The van der Waals surface area contributed by atoms with Gasteiger partial charge in [-0.1, -0.05) is 36.4 Å². The molecule has 3 heteroatoms. The number of aliphatic hydroxyl groups is 1. The van der Waals surface area contributed by atoms with Crippen LogP contribution in [0.2, 0.25) is 0 Å². The number of benzene rings is 1. The zero-order valence-electron chi connectivity index (χ0n) is 9.65. The number of aromatic nitrogens is 1. The highest BCUT2D eigenvalue weighted by molar-refractivity contribution is 5.21. The lowest BCUT2D eigenvalue weighted by Gasteiger charge is -2.21. The number of rotatable bonds is 4. The Morgan fingerprint density at radius 2 is 1.76 bits per heavy atom. The van der Waals surface area contributed by atoms with E-state index in [0.29, 0.717) is 5.69 Å². The predicted molar refractivity (Wildman–Crippen MR) is 65.4 cm³/mol. The Morgan fingerprint density at radius 1 is 1.06 bits per heavy atom. The van der Waals surface area contributed by atoms with Crippen molar-refractivity contribution in [2.45, 2.75) is 12.2 Å². The average molecular weight is 229 g/mol. The van der Waals surface area contributed by atoms with Gasteiger partial charge in [0.05, 0.1) is 5.69 Å². The molecule has 0 saturated heterocycles. The summed E-state index contributed by atoms with van der Waals surface area (Å²) in [6.45, 7) is 0. The predicted octanol–water partition coefficient (Wildman–Crippen LogP) is 2.50. The van der Waals surface area contributed by atoms with E-state index in [0.717, 1.165) is 5.56 Å². The third kappa shape index (κ3) is 2.70. The Kier molecular flexibility index (Phi) is 3.85. The maximum Gasteiger partial charge on any atom is 0.126 e. The Labute approximate surface area is 101 Å². The van der Waals surface area contributed by atoms with Gasteiger partial charge in [-0.05, 0) is 17.7 Å². The van der Waals surface area contributed by atoms with Crippen LogP contribution in [0.15, 0.2) is 54.7 Å². The van der Waals surface area contributed by atoms with Gasteiger partial charge in [-0.15, -0.1) is 0 Å². The minimum absolute atomic E-state index is 0.397. The van der Waals surface area contributed by atoms with Crippen molar-refractivity contribution in [1.82, 2.24) is 4.98 Å². The monoisotopic (exact) mass is 229 g/mol. The van der Waals surface area contributed by atoms with E-state index in [4.69, 9.17) is 4.74 Å². The summed E-state index contributed by atoms with van der Waals surface area (Å²) < 4.78 is 5.36. The second-order valence-corrected chi connectivity index (χ2v) is 3.77. The van der Waals surface area contributed by atoms with Gasteiger partial charge in [-0.25, -0.2) is 0 Å². The van der Waals surface area contributed by atoms with E-state index in [1.807, 2.05) is 42.5 Å². The van der Waals surface area contributed by atoms with E-state index in [1.165, 1.54) is 0 Å². The van der Waals surface area contributed by atoms with Gasteiger partial charge in [-0.2, -0.15) is 0 Å². The number of pyridine rings is 1. The van der Waals surface area contributed by atoms with Crippen LogP contribution in [-0.4, -0.2) is 17.2 Å². The highest BCUT2D eigenvalue weighted by atomic mass is 16.5. The molecule has 1 aromatic carbocycles. The molecule has 0 aliphatic rings. The van der Waals surface area contributed by atoms with Gasteiger partial charge in [0.2, 0.25) is 0 Å². The van der Waals surface area contributed by atoms with E-state index in [2.05, 4.69) is 4.98 Å². The molecular formula is C14H15NO2. The summed E-state index contributed by atoms with van der Waals surface area (Å²) in [5.41, 5.74) is 1.55. The van der Waals surface area contributed by atoms with Gasteiger partial charge in [-0.3, -0.25) is 4.98 Å². The number of aliphatic hydroxyl groups excluding tert-OH is 1. The van der Waals surface area contributed by atoms with Gasteiger partial charge in [0, 0.05) is 13.3 Å². The topological polar surface area (TPSA) is 42.4 Å². The molecule has 0 radical (unpaired) electrons. The van der Waals surface area contributed by atoms with Crippen molar-refractivity contribution in [2.24, 2.45) is 0 Å². The first-order valence-electron chi connectivity index (χ1n) is 5.49. The van der Waals surface area contributed by atoms with Gasteiger partial charge < -0.3 is 9.84 Å². The smallest absolute Gasteiger partial charge is 0.126 e. The van der Waals surface area contributed by atoms with Crippen LogP contribution >= 0.6 is 0 Å². The van der Waals surface area contributed by atoms with Gasteiger partial charge >= 0.3 is 0 Å². The Bertz CT molecular complexity index is 444. The normalized spacial score (nSPS) is 14.2. The molecule has 0 bridgehead atoms. The van der Waals surface area contributed by atoms with Crippen LogP contribution in [-0.2, 0) is 4.74 Å². The van der Waals surface area contributed by atoms with Crippen LogP contribution < -0.4 is 0 Å². The molecule has 17 heavy (non-hydrogen) atoms. The van der Waals surface area contributed by atoms with Crippen LogP contribution in [0.25, 0.3) is 0 Å². The summed E-state index contributed by atoms with van der Waals surface area (Å²) in [6, 6.07) is 15.1. The lowest BCUT2D eigenvalue weighted by atomic mass is 10.0. The van der Waals surface area contributed by atoms with E-state index in [9.17, 15) is 5.11 Å². The molecule has 1 heterocycles. The van der Waals surface area contributed by atoms with E-state index >= 15 is 0 Å². The summed E-state index contributed by atoms with van der Waals surface area (Å²) in [6.07, 6.45) is 0.505. The number of hydrogen-bond donors (Lipinski definition) is 1. The highest BCUT2D eigenvalue weighted by Crippen LogP contribution is 2.29. The highest BCUT2D eigenvalue weighted by Gasteiger charge is 2.22. The van der Waals surface area contributed by atoms with Crippen molar-refractivity contribution in [3.05, 3.63) is 66.0 Å². The lowest BCUT2D eigenvalue weighted by Crippen LogP contribution is -2.13. The zero-order chi connectivity index (χ0) is 12.1. The van der Waals surface area contributed by atoms with Crippen LogP contribution in [0.3, 0.4) is 0 Å². The second kappa shape index (κ2) is 5.57. The molecule has 0 aliphatic carbocycles. The quantitative estimate of drug-likeness (QED) is 0.875. The molecule has 0 aliphatic heterocycles. The van der Waals surface area contributed by atoms with Gasteiger partial charge in [0.15, 0.2) is 0 Å². The zero-order valence-corrected chi connectivity index (χ0v) is 9.65. The maximum absolute atomic E-state index is 10.2. The summed E-state index contributed by atoms with van der Waals surface area (Å²) in [5, 5.41) is 10.2. The van der Waals surface area contributed by atoms with Gasteiger partial charge in [0.25, 0.3) is 0 Å². The van der Waals surface area contributed by atoms with Crippen LogP contribution in [0, 0.1) is 0 Å². The number of ether oxygens (including phenoxy) is 1. The molecule has 2 rings (SSSR count). The first-order valence-corrected chi connectivity index (χ1v) is 5.49. The molecule has 88 valence electrons. The first-order chi connectivity index (χ1) is 8.33. The van der Waals surface area contributed by atoms with E-state index in [-0.39, 0.29) is 0 Å². The van der Waals surface area contributed by atoms with Crippen LogP contribution in [0.5, 0.6) is 0 Å². The summed E-state index contributed by atoms with van der Waals surface area (Å²) in [5.74, 6) is 0. The number of nitrogens with zero attached hydrogens (tertiary/aromatic N) is 1. The SMILES string of the molecule is CO[C@@H](c1ccccc1)[C@H](O)c1ccccn1. The number of methoxy groups -OCH3 is 1. The standard InChI is InChI=1S/C14H15NO2/c1-17-14(11-7-3-2-4-8-11)13(16)12-9-5-6-10-15-12/h2-10,13-14,16H,1H3/t13-,14+/m1/s1. The minimum Gasteiger partial charge on any atom is -0.384 e. The van der Waals surface area contributed by atoms with Crippen molar-refractivity contribution >= 4 is 0 Å². The molecular weight excluding hydrogens is 214 g/mol. The maximum atomic E-state index is 10.2. The molecule has 0 unspecified atom stereocenters. The van der Waals surface area contributed by atoms with Crippen molar-refractivity contribution in [2.75, 3.05) is 7.11 Å².